The number of alkyl halides is 12. The first-order valence-corrected chi connectivity index (χ1v) is 41.1. The molecule has 16 nitrogen and oxygen atoms in total. The molecule has 0 spiro atoms. The Balaban J connectivity index is 0.000000188. The summed E-state index contributed by atoms with van der Waals surface area (Å²) in [5, 5.41) is 9.43. The number of nitrogens with zero attached hydrogens (tertiary/aromatic N) is 4. The van der Waals surface area contributed by atoms with E-state index < -0.39 is 79.2 Å². The van der Waals surface area contributed by atoms with Crippen molar-refractivity contribution in [3.63, 3.8) is 0 Å². The molecule has 2 heterocycles. The molecule has 0 amide bonds. The number of halogens is 12. The van der Waals surface area contributed by atoms with E-state index in [0.29, 0.717) is 0 Å². The van der Waals surface area contributed by atoms with Gasteiger partial charge in [0.25, 0.3) is 0 Å². The van der Waals surface area contributed by atoms with E-state index >= 15 is 0 Å². The van der Waals surface area contributed by atoms with Crippen molar-refractivity contribution >= 4 is 100 Å². The molecule has 0 saturated heterocycles. The van der Waals surface area contributed by atoms with E-state index in [-0.39, 0.29) is 58.3 Å². The number of hydrogen-bond acceptors (Lipinski definition) is 14. The van der Waals surface area contributed by atoms with Gasteiger partial charge in [-0.05, 0) is 117 Å². The molecule has 112 heavy (non-hydrogen) atoms. The van der Waals surface area contributed by atoms with E-state index in [9.17, 15) is 86.4 Å². The fourth-order valence-corrected chi connectivity index (χ4v) is 19.4. The first-order chi connectivity index (χ1) is 51.8. The van der Waals surface area contributed by atoms with Gasteiger partial charge in [-0.25, -0.2) is 33.7 Å². The fourth-order valence-electron chi connectivity index (χ4n) is 12.2. The van der Waals surface area contributed by atoms with Crippen molar-refractivity contribution in [3.8, 4) is 45.3 Å². The van der Waals surface area contributed by atoms with Crippen LogP contribution >= 0.6 is 17.1 Å². The monoisotopic (exact) mass is 1770 g/mol. The largest absolute Gasteiger partial charge is 1.00 e. The zero-order valence-electron chi connectivity index (χ0n) is 58.2. The van der Waals surface area contributed by atoms with E-state index in [2.05, 4.69) is 304 Å². The number of sulfonamides is 4. The Kier molecular flexibility index (Phi) is 27.5. The molecular formula is C76H62Cu2F12N4O12P2S4+2. The van der Waals surface area contributed by atoms with E-state index in [4.69, 9.17) is 18.1 Å². The first-order valence-electron chi connectivity index (χ1n) is 32.8. The Bertz CT molecular complexity index is 5110. The van der Waals surface area contributed by atoms with Crippen LogP contribution in [-0.4, -0.2) is 77.1 Å². The van der Waals surface area contributed by atoms with Crippen LogP contribution < -0.4 is 18.1 Å². The number of rotatable bonds is 14. The molecule has 12 aromatic rings. The number of hydrogen-bond donors (Lipinski definition) is 0. The van der Waals surface area contributed by atoms with Gasteiger partial charge in [0.05, 0.1) is 0 Å². The van der Waals surface area contributed by atoms with Gasteiger partial charge in [-0.15, -0.1) is 9.34 Å². The Morgan fingerprint density at radius 3 is 0.634 bits per heavy atom. The summed E-state index contributed by atoms with van der Waals surface area (Å²) in [6.45, 7) is 8.93. The maximum Gasteiger partial charge on any atom is 1.00 e. The van der Waals surface area contributed by atoms with E-state index in [1.165, 1.54) is 65.3 Å². The minimum absolute atomic E-state index is 0. The van der Waals surface area contributed by atoms with Crippen LogP contribution in [0.4, 0.5) is 52.7 Å². The first kappa shape index (κ1) is 87.5. The standard InChI is InChI=1S/2C36H30NO2P.2C2F6NO4S2.2Cu/c2*1-25(2)37(36(28-15-5-3-6-16-28)29-17-7-4-8-18-29)40-38-32-23-21-26-13-9-11-19-30(26)34(32)35-31-20-12-10-14-27(31)22-24-33(35)39-40;2*3-1(4,5)14(10,11)9-15(12,13)2(6,7)8;;/h2*3-25,36H,1-2H3;;;;/q;;2*-1;2*+1/p+2. The predicted molar refractivity (Wildman–Crippen MR) is 403 cm³/mol. The molecule has 2 aliphatic rings. The molecular weight excluding hydrogens is 1710 g/mol. The van der Waals surface area contributed by atoms with Crippen molar-refractivity contribution in [1.29, 1.82) is 0 Å². The van der Waals surface area contributed by atoms with Gasteiger partial charge in [-0.3, -0.25) is 18.1 Å². The van der Waals surface area contributed by atoms with Crippen molar-refractivity contribution in [1.82, 2.24) is 9.34 Å². The van der Waals surface area contributed by atoms with Crippen molar-refractivity contribution in [2.45, 2.75) is 73.9 Å². The normalized spacial score (nSPS) is 13.6. The quantitative estimate of drug-likeness (QED) is 0.0564. The van der Waals surface area contributed by atoms with Crippen LogP contribution in [0.25, 0.3) is 73.6 Å². The SMILES string of the molecule is CC(C)N(C(c1ccccc1)c1ccccc1)[PH+]1Oc2ccc3ccccc3c2-c2c(ccc3ccccc23)O1.CC(C)N(C(c1ccccc1)c1ccccc1)[PH+]1Oc2ccc3ccccc3c2-c2c(ccc3ccccc23)O1.O=S(=O)([N-]S(=O)(=O)C(F)(F)F)C(F)(F)F.O=S(=O)([N-]S(=O)(=O)C(F)(F)F)C(F)(F)F.[Cu+].[Cu+]. The second-order valence-electron chi connectivity index (χ2n) is 24.9. The summed E-state index contributed by atoms with van der Waals surface area (Å²) in [6.07, 6.45) is 0. The minimum atomic E-state index is -6.72. The van der Waals surface area contributed by atoms with Crippen LogP contribution in [0.15, 0.2) is 267 Å². The van der Waals surface area contributed by atoms with Gasteiger partial charge in [-0.1, -0.05) is 243 Å². The summed E-state index contributed by atoms with van der Waals surface area (Å²) >= 11 is 0. The Morgan fingerprint density at radius 2 is 0.455 bits per heavy atom. The third-order valence-corrected chi connectivity index (χ3v) is 26.4. The second kappa shape index (κ2) is 35.1. The molecule has 0 unspecified atom stereocenters. The van der Waals surface area contributed by atoms with Crippen LogP contribution in [0, 0.1) is 0 Å². The summed E-state index contributed by atoms with van der Waals surface area (Å²) in [7, 11) is -31.0. The summed E-state index contributed by atoms with van der Waals surface area (Å²) in [6, 6.07) is 94.4. The van der Waals surface area contributed by atoms with Gasteiger partial charge in [-0.2, -0.15) is 52.7 Å². The summed E-state index contributed by atoms with van der Waals surface area (Å²) in [5.41, 5.74) is -15.5. The minimum Gasteiger partial charge on any atom is -0.421 e. The molecule has 0 N–H and O–H groups in total. The van der Waals surface area contributed by atoms with E-state index in [1.54, 1.807) is 0 Å². The molecule has 0 aliphatic carbocycles. The molecule has 0 radical (unpaired) electrons. The number of benzene rings is 12. The molecule has 0 aromatic heterocycles. The summed E-state index contributed by atoms with van der Waals surface area (Å²) in [4.78, 5) is 0. The maximum atomic E-state index is 11.4. The van der Waals surface area contributed by atoms with Crippen LogP contribution in [0.3, 0.4) is 0 Å². The third kappa shape index (κ3) is 19.2. The smallest absolute Gasteiger partial charge is 0.421 e. The van der Waals surface area contributed by atoms with Gasteiger partial charge >= 0.3 is 73.2 Å². The van der Waals surface area contributed by atoms with E-state index in [0.717, 1.165) is 53.5 Å². The Labute approximate surface area is 660 Å². The molecule has 2 aliphatic heterocycles. The van der Waals surface area contributed by atoms with Crippen LogP contribution in [-0.2, 0) is 74.2 Å². The van der Waals surface area contributed by atoms with E-state index in [1.807, 2.05) is 0 Å². The zero-order valence-corrected chi connectivity index (χ0v) is 65.3. The molecule has 14 rings (SSSR count). The maximum absolute atomic E-state index is 11.4. The zero-order chi connectivity index (χ0) is 79.5. The summed E-state index contributed by atoms with van der Waals surface area (Å²) in [5.74, 6) is 3.47. The average Bonchev–Trinajstić information content (AvgIpc) is 1.36. The van der Waals surface area contributed by atoms with Gasteiger partial charge < -0.3 is 8.25 Å². The molecule has 596 valence electrons. The van der Waals surface area contributed by atoms with Crippen LogP contribution in [0.1, 0.15) is 62.0 Å². The Hall–Kier alpha value is -8.42. The van der Waals surface area contributed by atoms with Crippen molar-refractivity contribution in [2.24, 2.45) is 0 Å². The fraction of sp³-hybridized carbons (Fsp3) is 0.158. The number of fused-ring (bicyclic) bond motifs is 14. The molecule has 0 bridgehead atoms. The van der Waals surface area contributed by atoms with Crippen molar-refractivity contribution < 1.29 is 139 Å². The van der Waals surface area contributed by atoms with Gasteiger partial charge in [0.15, 0.2) is 63.1 Å². The van der Waals surface area contributed by atoms with Crippen LogP contribution in [0.5, 0.6) is 23.0 Å². The van der Waals surface area contributed by atoms with Gasteiger partial charge in [0, 0.05) is 34.3 Å². The topological polar surface area (TPSA) is 208 Å². The van der Waals surface area contributed by atoms with Crippen molar-refractivity contribution in [3.05, 3.63) is 297 Å². The van der Waals surface area contributed by atoms with Crippen LogP contribution in [0.2, 0.25) is 0 Å². The predicted octanol–water partition coefficient (Wildman–Crippen LogP) is 21.9. The van der Waals surface area contributed by atoms with Gasteiger partial charge in [0.1, 0.15) is 12.1 Å². The summed E-state index contributed by atoms with van der Waals surface area (Å²) < 4.78 is 251. The molecule has 0 atom stereocenters. The molecule has 36 heteroatoms. The molecule has 0 saturated carbocycles. The Morgan fingerprint density at radius 1 is 0.277 bits per heavy atom. The second-order valence-corrected chi connectivity index (χ2v) is 34.6. The molecule has 0 fully saturated rings. The van der Waals surface area contributed by atoms with Crippen molar-refractivity contribution in [2.75, 3.05) is 0 Å². The third-order valence-electron chi connectivity index (χ3n) is 17.0. The molecule has 12 aromatic carbocycles. The average molecular weight is 1770 g/mol. The van der Waals surface area contributed by atoms with Gasteiger partial charge in [0.2, 0.25) is 0 Å².